The second-order valence-corrected chi connectivity index (χ2v) is 6.77. The van der Waals surface area contributed by atoms with E-state index in [0.717, 1.165) is 5.56 Å². The molecule has 20 heavy (non-hydrogen) atoms. The third-order valence-electron chi connectivity index (χ3n) is 5.95. The maximum Gasteiger partial charge on any atom is 0.170 e. The maximum absolute atomic E-state index is 13.0. The predicted octanol–water partition coefficient (Wildman–Crippen LogP) is 4.33. The Bertz CT molecular complexity index is 801. The molecule has 2 bridgehead atoms. The van der Waals surface area contributed by atoms with Crippen molar-refractivity contribution >= 4 is 16.6 Å². The molecule has 3 aliphatic rings. The van der Waals surface area contributed by atoms with Gasteiger partial charge >= 0.3 is 0 Å². The Hall–Kier alpha value is -1.89. The second kappa shape index (κ2) is 3.22. The first-order valence-electron chi connectivity index (χ1n) is 7.45. The van der Waals surface area contributed by atoms with Crippen LogP contribution in [0, 0.1) is 17.3 Å². The van der Waals surface area contributed by atoms with Gasteiger partial charge < -0.3 is 0 Å². The zero-order chi connectivity index (χ0) is 13.5. The summed E-state index contributed by atoms with van der Waals surface area (Å²) < 4.78 is 0. The molecule has 0 heterocycles. The smallest absolute Gasteiger partial charge is 0.170 e. The lowest BCUT2D eigenvalue weighted by Gasteiger charge is -2.31. The molecule has 5 rings (SSSR count). The molecule has 0 N–H and O–H groups in total. The van der Waals surface area contributed by atoms with E-state index in [1.54, 1.807) is 0 Å². The van der Waals surface area contributed by atoms with Crippen molar-refractivity contribution in [3.05, 3.63) is 59.7 Å². The van der Waals surface area contributed by atoms with Crippen molar-refractivity contribution in [2.24, 2.45) is 17.3 Å². The molecule has 1 nitrogen and oxygen atoms in total. The number of ketones is 1. The number of benzene rings is 2. The minimum Gasteiger partial charge on any atom is -0.294 e. The fraction of sp³-hybridized carbons (Fsp3) is 0.316. The van der Waals surface area contributed by atoms with Gasteiger partial charge in [0, 0.05) is 16.9 Å². The second-order valence-electron chi connectivity index (χ2n) is 6.77. The Morgan fingerprint density at radius 3 is 2.65 bits per heavy atom. The average Bonchev–Trinajstić information content (AvgIpc) is 3.10. The van der Waals surface area contributed by atoms with E-state index in [2.05, 4.69) is 49.4 Å². The highest BCUT2D eigenvalue weighted by atomic mass is 16.1. The summed E-state index contributed by atoms with van der Waals surface area (Å²) in [4.78, 5) is 13.0. The number of carbonyl (C=O) groups is 1. The molecule has 0 aliphatic heterocycles. The Morgan fingerprint density at radius 2 is 1.85 bits per heavy atom. The van der Waals surface area contributed by atoms with Crippen LogP contribution < -0.4 is 0 Å². The van der Waals surface area contributed by atoms with Gasteiger partial charge in [0.15, 0.2) is 5.78 Å². The fourth-order valence-electron chi connectivity index (χ4n) is 4.96. The summed E-state index contributed by atoms with van der Waals surface area (Å²) in [6.07, 6.45) is 5.79. The van der Waals surface area contributed by atoms with Crippen LogP contribution in [0.2, 0.25) is 0 Å². The SMILES string of the molecule is CC12C(=O)c3cc4ccccc4cc3C1C1C=CC2C1. The molecule has 3 aliphatic carbocycles. The molecular weight excluding hydrogens is 244 g/mol. The minimum absolute atomic E-state index is 0.181. The van der Waals surface area contributed by atoms with Crippen LogP contribution in [0.3, 0.4) is 0 Å². The predicted molar refractivity (Wildman–Crippen MR) is 79.9 cm³/mol. The van der Waals surface area contributed by atoms with E-state index in [1.165, 1.54) is 22.8 Å². The molecule has 0 saturated heterocycles. The molecule has 1 fully saturated rings. The van der Waals surface area contributed by atoms with Crippen molar-refractivity contribution in [1.82, 2.24) is 0 Å². The van der Waals surface area contributed by atoms with Gasteiger partial charge in [0.25, 0.3) is 0 Å². The minimum atomic E-state index is -0.181. The monoisotopic (exact) mass is 260 g/mol. The summed E-state index contributed by atoms with van der Waals surface area (Å²) in [5.41, 5.74) is 2.10. The normalized spacial score (nSPS) is 36.6. The van der Waals surface area contributed by atoms with Gasteiger partial charge in [0.05, 0.1) is 0 Å². The molecule has 2 aromatic rings. The van der Waals surface area contributed by atoms with Crippen molar-refractivity contribution in [3.63, 3.8) is 0 Å². The molecule has 4 atom stereocenters. The lowest BCUT2D eigenvalue weighted by Crippen LogP contribution is -2.32. The van der Waals surface area contributed by atoms with Crippen LogP contribution >= 0.6 is 0 Å². The summed E-state index contributed by atoms with van der Waals surface area (Å²) >= 11 is 0. The third kappa shape index (κ3) is 1.02. The van der Waals surface area contributed by atoms with Crippen LogP contribution in [0.4, 0.5) is 0 Å². The average molecular weight is 260 g/mol. The number of hydrogen-bond donors (Lipinski definition) is 0. The molecule has 98 valence electrons. The third-order valence-corrected chi connectivity index (χ3v) is 5.95. The van der Waals surface area contributed by atoms with E-state index in [0.29, 0.717) is 23.5 Å². The largest absolute Gasteiger partial charge is 0.294 e. The van der Waals surface area contributed by atoms with Gasteiger partial charge in [-0.25, -0.2) is 0 Å². The number of rotatable bonds is 0. The van der Waals surface area contributed by atoms with Crippen molar-refractivity contribution in [2.45, 2.75) is 19.3 Å². The van der Waals surface area contributed by atoms with Crippen molar-refractivity contribution < 1.29 is 4.79 Å². The van der Waals surface area contributed by atoms with E-state index in [9.17, 15) is 4.79 Å². The van der Waals surface area contributed by atoms with E-state index in [-0.39, 0.29) is 5.41 Å². The Balaban J connectivity index is 1.84. The van der Waals surface area contributed by atoms with Crippen LogP contribution in [0.25, 0.3) is 10.8 Å². The molecule has 0 spiro atoms. The first-order chi connectivity index (χ1) is 9.69. The number of fused-ring (bicyclic) bond motifs is 8. The molecule has 1 saturated carbocycles. The summed E-state index contributed by atoms with van der Waals surface area (Å²) in [5.74, 6) is 1.79. The highest BCUT2D eigenvalue weighted by molar-refractivity contribution is 6.09. The Labute approximate surface area is 118 Å². The van der Waals surface area contributed by atoms with E-state index < -0.39 is 0 Å². The van der Waals surface area contributed by atoms with Gasteiger partial charge in [-0.15, -0.1) is 0 Å². The molecular formula is C19H16O. The molecule has 0 radical (unpaired) electrons. The van der Waals surface area contributed by atoms with Crippen molar-refractivity contribution in [1.29, 1.82) is 0 Å². The van der Waals surface area contributed by atoms with E-state index >= 15 is 0 Å². The van der Waals surface area contributed by atoms with Gasteiger partial charge in [0.1, 0.15) is 0 Å². The Kier molecular flexibility index (Phi) is 1.75. The number of allylic oxidation sites excluding steroid dienone is 2. The first-order valence-corrected chi connectivity index (χ1v) is 7.45. The summed E-state index contributed by atoms with van der Waals surface area (Å²) in [6.45, 7) is 2.19. The van der Waals surface area contributed by atoms with Crippen LogP contribution in [0.1, 0.15) is 35.2 Å². The highest BCUT2D eigenvalue weighted by Crippen LogP contribution is 2.65. The zero-order valence-electron chi connectivity index (χ0n) is 11.5. The maximum atomic E-state index is 13.0. The quantitative estimate of drug-likeness (QED) is 0.644. The molecule has 0 amide bonds. The lowest BCUT2D eigenvalue weighted by atomic mass is 9.70. The van der Waals surface area contributed by atoms with Crippen LogP contribution in [-0.4, -0.2) is 5.78 Å². The van der Waals surface area contributed by atoms with Gasteiger partial charge in [-0.05, 0) is 40.7 Å². The first kappa shape index (κ1) is 10.8. The number of hydrogen-bond acceptors (Lipinski definition) is 1. The fourth-order valence-corrected chi connectivity index (χ4v) is 4.96. The molecule has 1 heteroatoms. The molecule has 0 aromatic heterocycles. The summed E-state index contributed by atoms with van der Waals surface area (Å²) in [5, 5.41) is 2.44. The highest BCUT2D eigenvalue weighted by Gasteiger charge is 2.62. The van der Waals surface area contributed by atoms with Gasteiger partial charge in [-0.1, -0.05) is 49.4 Å². The van der Waals surface area contributed by atoms with E-state index in [4.69, 9.17) is 0 Å². The van der Waals surface area contributed by atoms with Crippen LogP contribution in [0.5, 0.6) is 0 Å². The summed E-state index contributed by atoms with van der Waals surface area (Å²) in [6, 6.07) is 12.8. The summed E-state index contributed by atoms with van der Waals surface area (Å²) in [7, 11) is 0. The number of carbonyl (C=O) groups excluding carboxylic acids is 1. The lowest BCUT2D eigenvalue weighted by molar-refractivity contribution is 0.0781. The molecule has 4 unspecified atom stereocenters. The molecule has 2 aromatic carbocycles. The van der Waals surface area contributed by atoms with Crippen LogP contribution in [0.15, 0.2) is 48.6 Å². The van der Waals surface area contributed by atoms with E-state index in [1.807, 2.05) is 6.07 Å². The van der Waals surface area contributed by atoms with Gasteiger partial charge in [-0.2, -0.15) is 0 Å². The topological polar surface area (TPSA) is 17.1 Å². The van der Waals surface area contributed by atoms with Crippen LogP contribution in [-0.2, 0) is 0 Å². The van der Waals surface area contributed by atoms with Crippen molar-refractivity contribution in [2.75, 3.05) is 0 Å². The van der Waals surface area contributed by atoms with Gasteiger partial charge in [-0.3, -0.25) is 4.79 Å². The van der Waals surface area contributed by atoms with Crippen molar-refractivity contribution in [3.8, 4) is 0 Å². The number of Topliss-reactive ketones (excluding diaryl/α,β-unsaturated/α-hetero) is 1. The van der Waals surface area contributed by atoms with Gasteiger partial charge in [0.2, 0.25) is 0 Å². The Morgan fingerprint density at radius 1 is 1.10 bits per heavy atom. The standard InChI is InChI=1S/C19H16O/c1-19-14-7-6-13(8-14)17(19)15-9-11-4-2-3-5-12(11)10-16(15)18(19)20/h2-7,9-10,13-14,17H,8H2,1H3. The zero-order valence-corrected chi connectivity index (χ0v) is 11.5.